The molecule has 0 spiro atoms. The lowest BCUT2D eigenvalue weighted by Gasteiger charge is -2.33. The molecule has 1 N–H and O–H groups in total. The van der Waals surface area contributed by atoms with Gasteiger partial charge in [-0.3, -0.25) is 4.90 Å². The maximum absolute atomic E-state index is 9.44. The number of benzene rings is 1. The van der Waals surface area contributed by atoms with Crippen LogP contribution in [0.5, 0.6) is 0 Å². The smallest absolute Gasteiger partial charge is 0.247 e. The van der Waals surface area contributed by atoms with E-state index in [0.29, 0.717) is 18.3 Å². The summed E-state index contributed by atoms with van der Waals surface area (Å²) in [7, 11) is 0. The van der Waals surface area contributed by atoms with Crippen LogP contribution in [-0.4, -0.2) is 39.4 Å². The summed E-state index contributed by atoms with van der Waals surface area (Å²) in [4.78, 5) is 2.22. The van der Waals surface area contributed by atoms with Crippen molar-refractivity contribution >= 4 is 15.9 Å². The van der Waals surface area contributed by atoms with Gasteiger partial charge in [0.25, 0.3) is 0 Å². The molecule has 5 nitrogen and oxygen atoms in total. The third kappa shape index (κ3) is 3.51. The topological polar surface area (TPSA) is 62.4 Å². The fourth-order valence-electron chi connectivity index (χ4n) is 2.68. The molecule has 2 heterocycles. The molecule has 2 aromatic rings. The molecule has 0 amide bonds. The highest BCUT2D eigenvalue weighted by Gasteiger charge is 2.23. The highest BCUT2D eigenvalue weighted by atomic mass is 79.9. The van der Waals surface area contributed by atoms with Crippen LogP contribution in [0.4, 0.5) is 0 Å². The van der Waals surface area contributed by atoms with E-state index in [0.717, 1.165) is 29.4 Å². The van der Waals surface area contributed by atoms with E-state index in [9.17, 15) is 5.11 Å². The van der Waals surface area contributed by atoms with Crippen LogP contribution in [-0.2, 0) is 6.54 Å². The van der Waals surface area contributed by atoms with Crippen molar-refractivity contribution < 1.29 is 9.52 Å². The normalized spacial score (nSPS) is 19.8. The van der Waals surface area contributed by atoms with E-state index in [1.54, 1.807) is 0 Å². The fourth-order valence-corrected chi connectivity index (χ4v) is 2.94. The predicted octanol–water partition coefficient (Wildman–Crippen LogP) is 2.85. The number of aliphatic hydroxyl groups is 1. The summed E-state index contributed by atoms with van der Waals surface area (Å²) in [6.45, 7) is 1.77. The summed E-state index contributed by atoms with van der Waals surface area (Å²) in [5, 5.41) is 17.7. The Labute approximate surface area is 132 Å². The number of rotatable bonds is 4. The van der Waals surface area contributed by atoms with E-state index in [-0.39, 0.29) is 12.6 Å². The number of hydrogen-bond acceptors (Lipinski definition) is 5. The summed E-state index contributed by atoms with van der Waals surface area (Å²) in [6, 6.07) is 8.00. The lowest BCUT2D eigenvalue weighted by molar-refractivity contribution is 0.0769. The summed E-state index contributed by atoms with van der Waals surface area (Å²) in [5.41, 5.74) is 0.911. The van der Waals surface area contributed by atoms with Crippen molar-refractivity contribution in [3.63, 3.8) is 0 Å². The second kappa shape index (κ2) is 6.68. The molecule has 1 fully saturated rings. The minimum atomic E-state index is 0.188. The molecule has 0 saturated carbocycles. The molecule has 1 unspecified atom stereocenters. The van der Waals surface area contributed by atoms with Gasteiger partial charge in [0, 0.05) is 16.1 Å². The third-order valence-electron chi connectivity index (χ3n) is 3.86. The van der Waals surface area contributed by atoms with Crippen LogP contribution in [0.3, 0.4) is 0 Å². The molecule has 1 atom stereocenters. The summed E-state index contributed by atoms with van der Waals surface area (Å²) >= 11 is 3.41. The highest BCUT2D eigenvalue weighted by molar-refractivity contribution is 9.10. The zero-order chi connectivity index (χ0) is 14.7. The van der Waals surface area contributed by atoms with Gasteiger partial charge < -0.3 is 9.52 Å². The van der Waals surface area contributed by atoms with Crippen LogP contribution in [0.25, 0.3) is 11.5 Å². The van der Waals surface area contributed by atoms with Gasteiger partial charge in [-0.05, 0) is 43.7 Å². The van der Waals surface area contributed by atoms with Gasteiger partial charge in [-0.2, -0.15) is 0 Å². The fraction of sp³-hybridized carbons (Fsp3) is 0.467. The third-order valence-corrected chi connectivity index (χ3v) is 4.38. The largest absolute Gasteiger partial charge is 0.419 e. The average Bonchev–Trinajstić information content (AvgIpc) is 2.97. The first-order chi connectivity index (χ1) is 10.3. The molecule has 1 saturated heterocycles. The molecule has 3 rings (SSSR count). The van der Waals surface area contributed by atoms with Gasteiger partial charge >= 0.3 is 0 Å². The number of hydrogen-bond donors (Lipinski definition) is 1. The highest BCUT2D eigenvalue weighted by Crippen LogP contribution is 2.23. The molecule has 0 aliphatic carbocycles. The minimum absolute atomic E-state index is 0.188. The van der Waals surface area contributed by atoms with E-state index in [2.05, 4.69) is 31.0 Å². The Balaban J connectivity index is 1.71. The quantitative estimate of drug-likeness (QED) is 0.917. The van der Waals surface area contributed by atoms with Gasteiger partial charge in [0.15, 0.2) is 0 Å². The molecule has 6 heteroatoms. The maximum atomic E-state index is 9.44. The summed E-state index contributed by atoms with van der Waals surface area (Å²) in [5.74, 6) is 1.14. The number of likely N-dealkylation sites (tertiary alicyclic amines) is 1. The van der Waals surface area contributed by atoms with E-state index in [1.807, 2.05) is 24.3 Å². The number of aliphatic hydroxyl groups excluding tert-OH is 1. The summed E-state index contributed by atoms with van der Waals surface area (Å²) in [6.07, 6.45) is 3.37. The Morgan fingerprint density at radius 3 is 2.81 bits per heavy atom. The molecule has 1 aromatic carbocycles. The number of nitrogens with zero attached hydrogens (tertiary/aromatic N) is 3. The monoisotopic (exact) mass is 351 g/mol. The Morgan fingerprint density at radius 1 is 1.24 bits per heavy atom. The molecule has 21 heavy (non-hydrogen) atoms. The zero-order valence-corrected chi connectivity index (χ0v) is 13.3. The van der Waals surface area contributed by atoms with E-state index in [4.69, 9.17) is 4.42 Å². The van der Waals surface area contributed by atoms with Crippen molar-refractivity contribution in [2.75, 3.05) is 13.2 Å². The molecule has 0 radical (unpaired) electrons. The van der Waals surface area contributed by atoms with E-state index >= 15 is 0 Å². The van der Waals surface area contributed by atoms with Crippen LogP contribution in [0.2, 0.25) is 0 Å². The predicted molar refractivity (Wildman–Crippen MR) is 82.6 cm³/mol. The SMILES string of the molecule is OCC1CCCCN1Cc1nnc(-c2ccc(Br)cc2)o1. The molecular formula is C15H18BrN3O2. The molecule has 1 aliphatic heterocycles. The Morgan fingerprint density at radius 2 is 2.05 bits per heavy atom. The first kappa shape index (κ1) is 14.7. The van der Waals surface area contributed by atoms with Crippen LogP contribution in [0.15, 0.2) is 33.2 Å². The first-order valence-corrected chi connectivity index (χ1v) is 7.99. The number of piperidine rings is 1. The second-order valence-electron chi connectivity index (χ2n) is 5.31. The molecule has 1 aromatic heterocycles. The standard InChI is InChI=1S/C15H18BrN3O2/c16-12-6-4-11(5-7-12)15-18-17-14(21-15)9-19-8-2-1-3-13(19)10-20/h4-7,13,20H,1-3,8-10H2. The Hall–Kier alpha value is -1.24. The van der Waals surface area contributed by atoms with Crippen molar-refractivity contribution in [1.82, 2.24) is 15.1 Å². The van der Waals surface area contributed by atoms with Gasteiger partial charge in [0.1, 0.15) is 0 Å². The van der Waals surface area contributed by atoms with E-state index in [1.165, 1.54) is 6.42 Å². The first-order valence-electron chi connectivity index (χ1n) is 7.19. The van der Waals surface area contributed by atoms with Gasteiger partial charge in [-0.15, -0.1) is 10.2 Å². The van der Waals surface area contributed by atoms with Gasteiger partial charge in [-0.1, -0.05) is 22.4 Å². The Bertz CT molecular complexity index is 585. The molecule has 1 aliphatic rings. The minimum Gasteiger partial charge on any atom is -0.419 e. The second-order valence-corrected chi connectivity index (χ2v) is 6.23. The summed E-state index contributed by atoms with van der Waals surface area (Å²) < 4.78 is 6.76. The van der Waals surface area contributed by atoms with Crippen LogP contribution in [0.1, 0.15) is 25.2 Å². The number of halogens is 1. The van der Waals surface area contributed by atoms with Gasteiger partial charge in [0.05, 0.1) is 13.2 Å². The van der Waals surface area contributed by atoms with Crippen molar-refractivity contribution in [2.24, 2.45) is 0 Å². The van der Waals surface area contributed by atoms with Crippen LogP contribution in [0, 0.1) is 0 Å². The van der Waals surface area contributed by atoms with Crippen LogP contribution < -0.4 is 0 Å². The Kier molecular flexibility index (Phi) is 4.67. The van der Waals surface area contributed by atoms with Crippen molar-refractivity contribution in [1.29, 1.82) is 0 Å². The molecule has 112 valence electrons. The average molecular weight is 352 g/mol. The molecule has 0 bridgehead atoms. The van der Waals surface area contributed by atoms with Crippen LogP contribution >= 0.6 is 15.9 Å². The van der Waals surface area contributed by atoms with Crippen molar-refractivity contribution in [2.45, 2.75) is 31.8 Å². The lowest BCUT2D eigenvalue weighted by Crippen LogP contribution is -2.41. The van der Waals surface area contributed by atoms with E-state index < -0.39 is 0 Å². The number of aromatic nitrogens is 2. The molecular weight excluding hydrogens is 334 g/mol. The van der Waals surface area contributed by atoms with Gasteiger partial charge in [-0.25, -0.2) is 0 Å². The van der Waals surface area contributed by atoms with Gasteiger partial charge in [0.2, 0.25) is 11.8 Å². The lowest BCUT2D eigenvalue weighted by atomic mass is 10.0. The zero-order valence-electron chi connectivity index (χ0n) is 11.7. The van der Waals surface area contributed by atoms with Crippen molar-refractivity contribution in [3.8, 4) is 11.5 Å². The maximum Gasteiger partial charge on any atom is 0.247 e. The van der Waals surface area contributed by atoms with Crippen molar-refractivity contribution in [3.05, 3.63) is 34.6 Å².